The quantitative estimate of drug-likeness (QED) is 0.590. The van der Waals surface area contributed by atoms with Crippen LogP contribution in [-0.4, -0.2) is 23.0 Å². The van der Waals surface area contributed by atoms with Crippen LogP contribution in [0, 0.1) is 0 Å². The number of benzene rings is 3. The number of ether oxygens (including phenoxy) is 1. The van der Waals surface area contributed by atoms with E-state index in [9.17, 15) is 14.4 Å². The van der Waals surface area contributed by atoms with Gasteiger partial charge in [0.1, 0.15) is 0 Å². The number of rotatable bonds is 3. The SMILES string of the molecule is O=C(O)c1cccc(C(=O)OC(=O)c2cccc3ccccc23)c1. The predicted molar refractivity (Wildman–Crippen MR) is 87.1 cm³/mol. The van der Waals surface area contributed by atoms with Crippen LogP contribution in [0.5, 0.6) is 0 Å². The van der Waals surface area contributed by atoms with E-state index in [1.165, 1.54) is 24.3 Å². The van der Waals surface area contributed by atoms with Crippen molar-refractivity contribution in [3.63, 3.8) is 0 Å². The number of carbonyl (C=O) groups is 3. The van der Waals surface area contributed by atoms with Crippen molar-refractivity contribution in [2.45, 2.75) is 0 Å². The monoisotopic (exact) mass is 320 g/mol. The molecule has 0 unspecified atom stereocenters. The van der Waals surface area contributed by atoms with Gasteiger partial charge in [0.2, 0.25) is 0 Å². The summed E-state index contributed by atoms with van der Waals surface area (Å²) in [5, 5.41) is 10.5. The number of esters is 2. The lowest BCUT2D eigenvalue weighted by atomic mass is 10.0. The second kappa shape index (κ2) is 6.34. The second-order valence-corrected chi connectivity index (χ2v) is 5.09. The molecule has 0 aliphatic rings. The Morgan fingerprint density at radius 2 is 1.42 bits per heavy atom. The van der Waals surface area contributed by atoms with Crippen LogP contribution in [0.4, 0.5) is 0 Å². The first-order chi connectivity index (χ1) is 11.6. The molecular formula is C19H12O5. The van der Waals surface area contributed by atoms with Crippen molar-refractivity contribution in [1.82, 2.24) is 0 Å². The van der Waals surface area contributed by atoms with Crippen molar-refractivity contribution in [1.29, 1.82) is 0 Å². The summed E-state index contributed by atoms with van der Waals surface area (Å²) in [6.07, 6.45) is 0. The summed E-state index contributed by atoms with van der Waals surface area (Å²) >= 11 is 0. The van der Waals surface area contributed by atoms with Crippen molar-refractivity contribution in [2.24, 2.45) is 0 Å². The lowest BCUT2D eigenvalue weighted by molar-refractivity contribution is 0.0399. The molecule has 3 aromatic carbocycles. The maximum absolute atomic E-state index is 12.3. The van der Waals surface area contributed by atoms with Crippen molar-refractivity contribution in [3.8, 4) is 0 Å². The number of hydrogen-bond acceptors (Lipinski definition) is 4. The van der Waals surface area contributed by atoms with E-state index < -0.39 is 17.9 Å². The fraction of sp³-hybridized carbons (Fsp3) is 0. The van der Waals surface area contributed by atoms with E-state index in [0.717, 1.165) is 5.39 Å². The molecule has 0 heterocycles. The van der Waals surface area contributed by atoms with Gasteiger partial charge in [-0.2, -0.15) is 0 Å². The van der Waals surface area contributed by atoms with Crippen LogP contribution in [0.2, 0.25) is 0 Å². The predicted octanol–water partition coefficient (Wildman–Crippen LogP) is 3.54. The van der Waals surface area contributed by atoms with Gasteiger partial charge in [-0.3, -0.25) is 0 Å². The molecule has 0 aliphatic carbocycles. The zero-order valence-electron chi connectivity index (χ0n) is 12.4. The fourth-order valence-corrected chi connectivity index (χ4v) is 2.38. The molecule has 0 bridgehead atoms. The Balaban J connectivity index is 1.87. The zero-order valence-corrected chi connectivity index (χ0v) is 12.4. The minimum Gasteiger partial charge on any atom is -0.478 e. The van der Waals surface area contributed by atoms with E-state index >= 15 is 0 Å². The first kappa shape index (κ1) is 15.4. The molecule has 0 atom stereocenters. The summed E-state index contributed by atoms with van der Waals surface area (Å²) in [7, 11) is 0. The van der Waals surface area contributed by atoms with Crippen LogP contribution in [-0.2, 0) is 4.74 Å². The van der Waals surface area contributed by atoms with Gasteiger partial charge in [0, 0.05) is 0 Å². The smallest absolute Gasteiger partial charge is 0.346 e. The third-order valence-corrected chi connectivity index (χ3v) is 3.54. The van der Waals surface area contributed by atoms with Gasteiger partial charge >= 0.3 is 17.9 Å². The van der Waals surface area contributed by atoms with Crippen LogP contribution in [0.15, 0.2) is 66.7 Å². The molecule has 118 valence electrons. The Morgan fingerprint density at radius 3 is 2.21 bits per heavy atom. The number of carboxylic acid groups (broad SMARTS) is 1. The van der Waals surface area contributed by atoms with Crippen LogP contribution < -0.4 is 0 Å². The van der Waals surface area contributed by atoms with Gasteiger partial charge in [0.05, 0.1) is 16.7 Å². The average Bonchev–Trinajstić information content (AvgIpc) is 2.61. The van der Waals surface area contributed by atoms with Gasteiger partial charge in [-0.15, -0.1) is 0 Å². The molecule has 3 rings (SSSR count). The molecule has 0 spiro atoms. The maximum Gasteiger partial charge on any atom is 0.346 e. The molecule has 0 radical (unpaired) electrons. The topological polar surface area (TPSA) is 80.7 Å². The summed E-state index contributed by atoms with van der Waals surface area (Å²) in [5.74, 6) is -2.83. The third-order valence-electron chi connectivity index (χ3n) is 3.54. The second-order valence-electron chi connectivity index (χ2n) is 5.09. The van der Waals surface area contributed by atoms with Gasteiger partial charge in [-0.25, -0.2) is 14.4 Å². The van der Waals surface area contributed by atoms with Crippen LogP contribution in [0.1, 0.15) is 31.1 Å². The third kappa shape index (κ3) is 3.01. The largest absolute Gasteiger partial charge is 0.478 e. The van der Waals surface area contributed by atoms with E-state index in [0.29, 0.717) is 5.39 Å². The van der Waals surface area contributed by atoms with Gasteiger partial charge in [0.25, 0.3) is 0 Å². The fourth-order valence-electron chi connectivity index (χ4n) is 2.38. The molecule has 3 aromatic rings. The highest BCUT2D eigenvalue weighted by Gasteiger charge is 2.18. The van der Waals surface area contributed by atoms with Crippen LogP contribution >= 0.6 is 0 Å². The molecular weight excluding hydrogens is 308 g/mol. The molecule has 1 N–H and O–H groups in total. The van der Waals surface area contributed by atoms with Crippen molar-refractivity contribution in [2.75, 3.05) is 0 Å². The minimum absolute atomic E-state index is 0.00323. The van der Waals surface area contributed by atoms with E-state index in [2.05, 4.69) is 0 Å². The Kier molecular flexibility index (Phi) is 4.07. The first-order valence-corrected chi connectivity index (χ1v) is 7.14. The van der Waals surface area contributed by atoms with E-state index in [-0.39, 0.29) is 16.7 Å². The molecule has 0 saturated carbocycles. The summed E-state index contributed by atoms with van der Waals surface area (Å²) in [5.41, 5.74) is 0.224. The summed E-state index contributed by atoms with van der Waals surface area (Å²) < 4.78 is 4.89. The van der Waals surface area contributed by atoms with E-state index in [1.54, 1.807) is 24.3 Å². The highest BCUT2D eigenvalue weighted by Crippen LogP contribution is 2.20. The Labute approximate surface area is 137 Å². The van der Waals surface area contributed by atoms with Gasteiger partial charge in [-0.05, 0) is 35.0 Å². The number of aromatic carboxylic acids is 1. The van der Waals surface area contributed by atoms with Gasteiger partial charge < -0.3 is 9.84 Å². The van der Waals surface area contributed by atoms with Crippen molar-refractivity contribution < 1.29 is 24.2 Å². The Morgan fingerprint density at radius 1 is 0.750 bits per heavy atom. The average molecular weight is 320 g/mol. The van der Waals surface area contributed by atoms with Gasteiger partial charge in [0.15, 0.2) is 0 Å². The summed E-state index contributed by atoms with van der Waals surface area (Å²) in [4.78, 5) is 35.4. The summed E-state index contributed by atoms with van der Waals surface area (Å²) in [6.45, 7) is 0. The normalized spacial score (nSPS) is 10.3. The Hall–Kier alpha value is -3.47. The highest BCUT2D eigenvalue weighted by molar-refractivity contribution is 6.09. The molecule has 5 nitrogen and oxygen atoms in total. The Bertz CT molecular complexity index is 953. The van der Waals surface area contributed by atoms with Crippen molar-refractivity contribution in [3.05, 3.63) is 83.4 Å². The first-order valence-electron chi connectivity index (χ1n) is 7.14. The zero-order chi connectivity index (χ0) is 17.1. The maximum atomic E-state index is 12.3. The molecule has 0 aliphatic heterocycles. The molecule has 0 aromatic heterocycles. The number of hydrogen-bond donors (Lipinski definition) is 1. The molecule has 0 fully saturated rings. The number of carboxylic acids is 1. The molecule has 24 heavy (non-hydrogen) atoms. The van der Waals surface area contributed by atoms with Crippen LogP contribution in [0.25, 0.3) is 10.8 Å². The number of carbonyl (C=O) groups excluding carboxylic acids is 2. The number of fused-ring (bicyclic) bond motifs is 1. The molecule has 0 amide bonds. The highest BCUT2D eigenvalue weighted by atomic mass is 16.6. The van der Waals surface area contributed by atoms with E-state index in [1.807, 2.05) is 18.2 Å². The standard InChI is InChI=1S/C19H12O5/c20-17(21)13-7-3-8-14(11-13)18(22)24-19(23)16-10-4-6-12-5-1-2-9-15(12)16/h1-11H,(H,20,21). The lowest BCUT2D eigenvalue weighted by Gasteiger charge is -2.06. The van der Waals surface area contributed by atoms with Crippen LogP contribution in [0.3, 0.4) is 0 Å². The van der Waals surface area contributed by atoms with Crippen molar-refractivity contribution >= 4 is 28.7 Å². The molecule has 5 heteroatoms. The summed E-state index contributed by atoms with van der Waals surface area (Å²) in [6, 6.07) is 17.7. The van der Waals surface area contributed by atoms with Gasteiger partial charge in [-0.1, -0.05) is 42.5 Å². The molecule has 0 saturated heterocycles. The van der Waals surface area contributed by atoms with E-state index in [4.69, 9.17) is 9.84 Å². The lowest BCUT2D eigenvalue weighted by Crippen LogP contribution is -2.13. The minimum atomic E-state index is -1.16.